The zero-order valence-electron chi connectivity index (χ0n) is 16.4. The van der Waals surface area contributed by atoms with E-state index in [0.29, 0.717) is 31.4 Å². The van der Waals surface area contributed by atoms with Gasteiger partial charge in [-0.2, -0.15) is 4.31 Å². The van der Waals surface area contributed by atoms with Crippen molar-refractivity contribution < 1.29 is 17.7 Å². The molecule has 1 N–H and O–H groups in total. The first-order chi connectivity index (χ1) is 14.0. The van der Waals surface area contributed by atoms with Gasteiger partial charge in [-0.05, 0) is 24.6 Å². The molecule has 4 rings (SSSR count). The third-order valence-electron chi connectivity index (χ3n) is 5.15. The molecule has 3 aromatic rings. The molecule has 0 saturated carbocycles. The molecule has 8 heteroatoms. The van der Waals surface area contributed by atoms with E-state index in [0.717, 1.165) is 29.8 Å². The van der Waals surface area contributed by atoms with E-state index in [9.17, 15) is 8.42 Å². The Morgan fingerprint density at radius 2 is 1.79 bits per heavy atom. The van der Waals surface area contributed by atoms with Crippen molar-refractivity contribution in [2.24, 2.45) is 0 Å². The van der Waals surface area contributed by atoms with Crippen LogP contribution >= 0.6 is 0 Å². The highest BCUT2D eigenvalue weighted by Crippen LogP contribution is 2.18. The van der Waals surface area contributed by atoms with Crippen LogP contribution in [0.15, 0.2) is 59.0 Å². The molecule has 29 heavy (non-hydrogen) atoms. The summed E-state index contributed by atoms with van der Waals surface area (Å²) in [5.74, 6) is 1.15. The van der Waals surface area contributed by atoms with Crippen LogP contribution in [0.2, 0.25) is 0 Å². The molecule has 1 fully saturated rings. The molecule has 0 aliphatic carbocycles. The molecular formula is C21H25N4O3S+. The van der Waals surface area contributed by atoms with Crippen molar-refractivity contribution in [1.29, 1.82) is 0 Å². The second kappa shape index (κ2) is 8.44. The van der Waals surface area contributed by atoms with Crippen LogP contribution in [0.25, 0.3) is 11.5 Å². The Hall–Kier alpha value is -2.55. The molecule has 0 bridgehead atoms. The summed E-state index contributed by atoms with van der Waals surface area (Å²) in [6.45, 7) is 5.07. The number of aryl methyl sites for hydroxylation is 1. The highest BCUT2D eigenvalue weighted by atomic mass is 32.2. The topological polar surface area (TPSA) is 80.7 Å². The number of rotatable bonds is 6. The molecule has 152 valence electrons. The van der Waals surface area contributed by atoms with E-state index in [1.54, 1.807) is 4.31 Å². The summed E-state index contributed by atoms with van der Waals surface area (Å²) < 4.78 is 32.8. The van der Waals surface area contributed by atoms with Crippen molar-refractivity contribution in [2.75, 3.05) is 26.2 Å². The fourth-order valence-electron chi connectivity index (χ4n) is 3.57. The van der Waals surface area contributed by atoms with Crippen molar-refractivity contribution in [2.45, 2.75) is 19.2 Å². The number of piperazine rings is 1. The number of sulfonamides is 1. The highest BCUT2D eigenvalue weighted by molar-refractivity contribution is 7.88. The maximum absolute atomic E-state index is 12.7. The van der Waals surface area contributed by atoms with Gasteiger partial charge in [-0.1, -0.05) is 48.0 Å². The van der Waals surface area contributed by atoms with Crippen molar-refractivity contribution >= 4 is 10.0 Å². The van der Waals surface area contributed by atoms with Crippen LogP contribution in [0.4, 0.5) is 0 Å². The number of nitrogens with one attached hydrogen (secondary N) is 1. The van der Waals surface area contributed by atoms with E-state index < -0.39 is 10.0 Å². The van der Waals surface area contributed by atoms with Gasteiger partial charge < -0.3 is 9.32 Å². The van der Waals surface area contributed by atoms with Crippen molar-refractivity contribution in [3.63, 3.8) is 0 Å². The second-order valence-electron chi connectivity index (χ2n) is 7.44. The molecule has 0 atom stereocenters. The maximum Gasteiger partial charge on any atom is 0.271 e. The molecule has 1 aromatic heterocycles. The first-order valence-electron chi connectivity index (χ1n) is 9.74. The van der Waals surface area contributed by atoms with Crippen molar-refractivity contribution in [1.82, 2.24) is 14.5 Å². The molecule has 1 aliphatic rings. The number of aromatic nitrogens is 2. The van der Waals surface area contributed by atoms with Gasteiger partial charge in [0.1, 0.15) is 0 Å². The highest BCUT2D eigenvalue weighted by Gasteiger charge is 2.30. The summed E-state index contributed by atoms with van der Waals surface area (Å²) in [6.07, 6.45) is 0. The molecular weight excluding hydrogens is 388 g/mol. The first kappa shape index (κ1) is 19.8. The molecule has 2 heterocycles. The third-order valence-corrected chi connectivity index (χ3v) is 7.00. The minimum absolute atomic E-state index is 0.0483. The molecule has 2 aromatic carbocycles. The standard InChI is InChI=1S/C21H24N4O3S/c1-17-6-5-9-19(14-17)21-23-22-20(28-21)15-24-10-12-25(13-11-24)29(26,27)16-18-7-3-2-4-8-18/h2-9,14H,10-13,15-16H2,1H3/p+1. The molecule has 0 amide bonds. The van der Waals surface area contributed by atoms with Gasteiger partial charge in [0.15, 0.2) is 6.54 Å². The summed E-state index contributed by atoms with van der Waals surface area (Å²) in [5.41, 5.74) is 2.87. The molecule has 1 saturated heterocycles. The van der Waals surface area contributed by atoms with E-state index in [2.05, 4.69) is 10.2 Å². The minimum atomic E-state index is -3.30. The number of nitrogens with zero attached hydrogens (tertiary/aromatic N) is 3. The Morgan fingerprint density at radius 3 is 2.52 bits per heavy atom. The van der Waals surface area contributed by atoms with Crippen LogP contribution in [0, 0.1) is 6.92 Å². The quantitative estimate of drug-likeness (QED) is 0.658. The van der Waals surface area contributed by atoms with E-state index in [1.165, 1.54) is 4.90 Å². The number of benzene rings is 2. The van der Waals surface area contributed by atoms with Gasteiger partial charge in [-0.3, -0.25) is 0 Å². The Balaban J connectivity index is 1.33. The normalized spacial score (nSPS) is 16.2. The van der Waals surface area contributed by atoms with Crippen molar-refractivity contribution in [3.05, 3.63) is 71.6 Å². The summed E-state index contributed by atoms with van der Waals surface area (Å²) in [7, 11) is -3.30. The third kappa shape index (κ3) is 4.90. The van der Waals surface area contributed by atoms with E-state index in [1.807, 2.05) is 61.5 Å². The van der Waals surface area contributed by atoms with Gasteiger partial charge in [0.2, 0.25) is 15.9 Å². The van der Waals surface area contributed by atoms with E-state index in [-0.39, 0.29) is 5.75 Å². The summed E-state index contributed by atoms with van der Waals surface area (Å²) in [6, 6.07) is 17.3. The Kier molecular flexibility index (Phi) is 5.75. The van der Waals surface area contributed by atoms with Crippen LogP contribution in [0.1, 0.15) is 17.0 Å². The largest absolute Gasteiger partial charge is 0.415 e. The van der Waals surface area contributed by atoms with Crippen LogP contribution in [-0.4, -0.2) is 49.1 Å². The molecule has 0 radical (unpaired) electrons. The predicted octanol–water partition coefficient (Wildman–Crippen LogP) is 1.28. The molecule has 7 nitrogen and oxygen atoms in total. The van der Waals surface area contributed by atoms with Gasteiger partial charge in [-0.15, -0.1) is 10.2 Å². The summed E-state index contributed by atoms with van der Waals surface area (Å²) >= 11 is 0. The zero-order chi connectivity index (χ0) is 20.3. The van der Waals surface area contributed by atoms with Gasteiger partial charge in [0.25, 0.3) is 5.89 Å². The lowest BCUT2D eigenvalue weighted by Gasteiger charge is -2.30. The van der Waals surface area contributed by atoms with Gasteiger partial charge in [0, 0.05) is 5.56 Å². The van der Waals surface area contributed by atoms with Crippen LogP contribution in [0.5, 0.6) is 0 Å². The van der Waals surface area contributed by atoms with Crippen LogP contribution in [-0.2, 0) is 22.3 Å². The SMILES string of the molecule is Cc1cccc(-c2nnc(C[NH+]3CCN(S(=O)(=O)Cc4ccccc4)CC3)o2)c1. The Labute approximate surface area is 171 Å². The molecule has 0 unspecified atom stereocenters. The predicted molar refractivity (Wildman–Crippen MR) is 110 cm³/mol. The maximum atomic E-state index is 12.7. The number of quaternary nitrogens is 1. The van der Waals surface area contributed by atoms with Gasteiger partial charge in [0.05, 0.1) is 31.9 Å². The zero-order valence-corrected chi connectivity index (χ0v) is 17.2. The lowest BCUT2D eigenvalue weighted by molar-refractivity contribution is -0.918. The van der Waals surface area contributed by atoms with Crippen LogP contribution < -0.4 is 4.90 Å². The lowest BCUT2D eigenvalue weighted by Crippen LogP contribution is -3.13. The van der Waals surface area contributed by atoms with Crippen LogP contribution in [0.3, 0.4) is 0 Å². The Bertz CT molecular complexity index is 1060. The average molecular weight is 414 g/mol. The smallest absolute Gasteiger partial charge is 0.271 e. The lowest BCUT2D eigenvalue weighted by atomic mass is 10.1. The second-order valence-corrected chi connectivity index (χ2v) is 9.41. The monoisotopic (exact) mass is 413 g/mol. The van der Waals surface area contributed by atoms with E-state index in [4.69, 9.17) is 4.42 Å². The fraction of sp³-hybridized carbons (Fsp3) is 0.333. The van der Waals surface area contributed by atoms with Gasteiger partial charge >= 0.3 is 0 Å². The number of hydrogen-bond acceptors (Lipinski definition) is 5. The van der Waals surface area contributed by atoms with Crippen molar-refractivity contribution in [3.8, 4) is 11.5 Å². The van der Waals surface area contributed by atoms with E-state index >= 15 is 0 Å². The number of hydrogen-bond donors (Lipinski definition) is 1. The fourth-order valence-corrected chi connectivity index (χ4v) is 5.10. The minimum Gasteiger partial charge on any atom is -0.415 e. The summed E-state index contributed by atoms with van der Waals surface area (Å²) in [4.78, 5) is 1.25. The summed E-state index contributed by atoms with van der Waals surface area (Å²) in [5, 5.41) is 8.33. The molecule has 1 aliphatic heterocycles. The first-order valence-corrected chi connectivity index (χ1v) is 11.4. The molecule has 0 spiro atoms. The van der Waals surface area contributed by atoms with Gasteiger partial charge in [-0.25, -0.2) is 8.42 Å². The Morgan fingerprint density at radius 1 is 1.03 bits per heavy atom. The average Bonchev–Trinajstić information content (AvgIpc) is 3.17.